The number of H-pyrrole nitrogens is 1. The highest BCUT2D eigenvalue weighted by Gasteiger charge is 2.08. The minimum atomic E-state index is 0.499. The second-order valence-electron chi connectivity index (χ2n) is 4.70. The van der Waals surface area contributed by atoms with E-state index in [0.29, 0.717) is 5.92 Å². The van der Waals surface area contributed by atoms with Gasteiger partial charge in [0, 0.05) is 50.3 Å². The summed E-state index contributed by atoms with van der Waals surface area (Å²) in [6, 6.07) is 3.95. The fraction of sp³-hybridized carbons (Fsp3) is 0.429. The maximum absolute atomic E-state index is 5.12. The van der Waals surface area contributed by atoms with Gasteiger partial charge in [0.1, 0.15) is 0 Å². The van der Waals surface area contributed by atoms with Gasteiger partial charge in [0.05, 0.1) is 11.9 Å². The van der Waals surface area contributed by atoms with Crippen LogP contribution in [0.15, 0.2) is 30.7 Å². The van der Waals surface area contributed by atoms with Crippen molar-refractivity contribution in [3.05, 3.63) is 36.3 Å². The molecule has 5 nitrogen and oxygen atoms in total. The summed E-state index contributed by atoms with van der Waals surface area (Å²) in [4.78, 5) is 4.13. The van der Waals surface area contributed by atoms with E-state index in [1.807, 2.05) is 24.5 Å². The number of hydrogen-bond acceptors (Lipinski definition) is 4. The van der Waals surface area contributed by atoms with Crippen molar-refractivity contribution in [3.63, 3.8) is 0 Å². The summed E-state index contributed by atoms with van der Waals surface area (Å²) in [6.07, 6.45) is 5.46. The van der Waals surface area contributed by atoms with Gasteiger partial charge in [-0.25, -0.2) is 0 Å². The van der Waals surface area contributed by atoms with Crippen molar-refractivity contribution < 1.29 is 4.74 Å². The zero-order chi connectivity index (χ0) is 13.5. The third-order valence-electron chi connectivity index (χ3n) is 2.93. The molecule has 102 valence electrons. The maximum Gasteiger partial charge on any atom is 0.0710 e. The minimum absolute atomic E-state index is 0.499. The van der Waals surface area contributed by atoms with Gasteiger partial charge < -0.3 is 10.1 Å². The van der Waals surface area contributed by atoms with E-state index >= 15 is 0 Å². The second kappa shape index (κ2) is 7.01. The van der Waals surface area contributed by atoms with Crippen LogP contribution in [0.1, 0.15) is 12.5 Å². The van der Waals surface area contributed by atoms with Crippen LogP contribution in [-0.2, 0) is 11.3 Å². The first-order valence-corrected chi connectivity index (χ1v) is 6.43. The van der Waals surface area contributed by atoms with E-state index in [-0.39, 0.29) is 0 Å². The van der Waals surface area contributed by atoms with Crippen LogP contribution in [0.5, 0.6) is 0 Å². The van der Waals surface area contributed by atoms with Crippen molar-refractivity contribution in [2.75, 3.05) is 20.3 Å². The lowest BCUT2D eigenvalue weighted by Gasteiger charge is -2.11. The van der Waals surface area contributed by atoms with Gasteiger partial charge in [-0.1, -0.05) is 6.92 Å². The quantitative estimate of drug-likeness (QED) is 0.797. The van der Waals surface area contributed by atoms with Gasteiger partial charge in [-0.05, 0) is 18.1 Å². The standard InChI is InChI=1S/C14H20N4O/c1-11(10-19-2)6-16-8-13-9-17-18-14(13)12-4-3-5-15-7-12/h3-5,7,9,11,16H,6,8,10H2,1-2H3,(H,17,18). The summed E-state index contributed by atoms with van der Waals surface area (Å²) in [5, 5.41) is 10.6. The largest absolute Gasteiger partial charge is 0.384 e. The van der Waals surface area contributed by atoms with E-state index in [0.717, 1.165) is 36.5 Å². The number of ether oxygens (including phenoxy) is 1. The zero-order valence-corrected chi connectivity index (χ0v) is 11.4. The molecule has 5 heteroatoms. The third kappa shape index (κ3) is 3.87. The zero-order valence-electron chi connectivity index (χ0n) is 11.4. The van der Waals surface area contributed by atoms with Crippen LogP contribution >= 0.6 is 0 Å². The predicted octanol–water partition coefficient (Wildman–Crippen LogP) is 1.84. The summed E-state index contributed by atoms with van der Waals surface area (Å²) in [5.41, 5.74) is 3.24. The molecule has 0 aliphatic carbocycles. The van der Waals surface area contributed by atoms with E-state index in [9.17, 15) is 0 Å². The molecule has 0 aliphatic rings. The molecule has 0 amide bonds. The van der Waals surface area contributed by atoms with Gasteiger partial charge in [0.15, 0.2) is 0 Å². The van der Waals surface area contributed by atoms with Crippen molar-refractivity contribution in [2.24, 2.45) is 5.92 Å². The predicted molar refractivity (Wildman–Crippen MR) is 74.6 cm³/mol. The minimum Gasteiger partial charge on any atom is -0.384 e. The monoisotopic (exact) mass is 260 g/mol. The van der Waals surface area contributed by atoms with Gasteiger partial charge in [-0.15, -0.1) is 0 Å². The third-order valence-corrected chi connectivity index (χ3v) is 2.93. The Labute approximate surface area is 113 Å². The Morgan fingerprint density at radius 1 is 1.42 bits per heavy atom. The van der Waals surface area contributed by atoms with Crippen molar-refractivity contribution in [1.29, 1.82) is 0 Å². The van der Waals surface area contributed by atoms with Crippen LogP contribution in [-0.4, -0.2) is 35.4 Å². The van der Waals surface area contributed by atoms with Crippen LogP contribution in [0.25, 0.3) is 11.3 Å². The molecule has 2 heterocycles. The van der Waals surface area contributed by atoms with E-state index in [2.05, 4.69) is 27.4 Å². The molecule has 0 fully saturated rings. The molecule has 0 spiro atoms. The Morgan fingerprint density at radius 3 is 3.05 bits per heavy atom. The van der Waals surface area contributed by atoms with Crippen molar-refractivity contribution in [1.82, 2.24) is 20.5 Å². The fourth-order valence-corrected chi connectivity index (χ4v) is 2.00. The Morgan fingerprint density at radius 2 is 2.32 bits per heavy atom. The average Bonchev–Trinajstić information content (AvgIpc) is 2.88. The highest BCUT2D eigenvalue weighted by Crippen LogP contribution is 2.19. The van der Waals surface area contributed by atoms with Gasteiger partial charge in [-0.2, -0.15) is 5.10 Å². The molecule has 1 atom stereocenters. The maximum atomic E-state index is 5.12. The molecule has 2 aromatic rings. The average molecular weight is 260 g/mol. The summed E-state index contributed by atoms with van der Waals surface area (Å²) >= 11 is 0. The molecule has 2 aromatic heterocycles. The van der Waals surface area contributed by atoms with Gasteiger partial charge >= 0.3 is 0 Å². The number of hydrogen-bond donors (Lipinski definition) is 2. The molecule has 0 saturated heterocycles. The number of aromatic nitrogens is 3. The molecule has 0 bridgehead atoms. The Kier molecular flexibility index (Phi) is 5.06. The van der Waals surface area contributed by atoms with Crippen LogP contribution in [0.3, 0.4) is 0 Å². The topological polar surface area (TPSA) is 62.8 Å². The SMILES string of the molecule is COCC(C)CNCc1cn[nH]c1-c1cccnc1. The second-order valence-corrected chi connectivity index (χ2v) is 4.70. The fourth-order valence-electron chi connectivity index (χ4n) is 2.00. The Balaban J connectivity index is 1.94. The lowest BCUT2D eigenvalue weighted by molar-refractivity contribution is 0.158. The van der Waals surface area contributed by atoms with Crippen LogP contribution in [0.4, 0.5) is 0 Å². The molecule has 2 N–H and O–H groups in total. The van der Waals surface area contributed by atoms with Gasteiger partial charge in [-0.3, -0.25) is 10.1 Å². The van der Waals surface area contributed by atoms with Crippen LogP contribution in [0, 0.1) is 5.92 Å². The van der Waals surface area contributed by atoms with Crippen molar-refractivity contribution >= 4 is 0 Å². The van der Waals surface area contributed by atoms with Crippen LogP contribution in [0.2, 0.25) is 0 Å². The van der Waals surface area contributed by atoms with Crippen molar-refractivity contribution in [3.8, 4) is 11.3 Å². The molecular weight excluding hydrogens is 240 g/mol. The number of nitrogens with one attached hydrogen (secondary N) is 2. The summed E-state index contributed by atoms with van der Waals surface area (Å²) < 4.78 is 5.12. The lowest BCUT2D eigenvalue weighted by Crippen LogP contribution is -2.23. The number of rotatable bonds is 7. The normalized spacial score (nSPS) is 12.5. The van der Waals surface area contributed by atoms with Gasteiger partial charge in [0.2, 0.25) is 0 Å². The number of pyridine rings is 1. The Bertz CT molecular complexity index is 483. The van der Waals surface area contributed by atoms with E-state index in [1.165, 1.54) is 0 Å². The van der Waals surface area contributed by atoms with E-state index in [1.54, 1.807) is 13.3 Å². The summed E-state index contributed by atoms with van der Waals surface area (Å²) in [7, 11) is 1.73. The first-order chi connectivity index (χ1) is 9.31. The first kappa shape index (κ1) is 13.7. The molecular formula is C14H20N4O. The Hall–Kier alpha value is -1.72. The molecule has 0 saturated carbocycles. The summed E-state index contributed by atoms with van der Waals surface area (Å²) in [5.74, 6) is 0.499. The van der Waals surface area contributed by atoms with Crippen LogP contribution < -0.4 is 5.32 Å². The van der Waals surface area contributed by atoms with E-state index < -0.39 is 0 Å². The first-order valence-electron chi connectivity index (χ1n) is 6.43. The number of methoxy groups -OCH3 is 1. The number of aromatic amines is 1. The highest BCUT2D eigenvalue weighted by atomic mass is 16.5. The molecule has 0 radical (unpaired) electrons. The lowest BCUT2D eigenvalue weighted by atomic mass is 10.1. The van der Waals surface area contributed by atoms with Gasteiger partial charge in [0.25, 0.3) is 0 Å². The molecule has 0 aliphatic heterocycles. The molecule has 2 rings (SSSR count). The molecule has 1 unspecified atom stereocenters. The highest BCUT2D eigenvalue weighted by molar-refractivity contribution is 5.61. The number of nitrogens with zero attached hydrogens (tertiary/aromatic N) is 2. The van der Waals surface area contributed by atoms with E-state index in [4.69, 9.17) is 4.74 Å². The summed E-state index contributed by atoms with van der Waals surface area (Å²) in [6.45, 7) is 4.64. The molecule has 19 heavy (non-hydrogen) atoms. The van der Waals surface area contributed by atoms with Crippen molar-refractivity contribution in [2.45, 2.75) is 13.5 Å². The smallest absolute Gasteiger partial charge is 0.0710 e. The molecule has 0 aromatic carbocycles.